The fourth-order valence-electron chi connectivity index (χ4n) is 3.09. The SMILES string of the molecule is CC(C)C(C)CNC1c2ccccc2Cc2ccccc21. The minimum atomic E-state index is 0.340. The molecule has 0 fully saturated rings. The number of hydrogen-bond donors (Lipinski definition) is 1. The van der Waals surface area contributed by atoms with E-state index in [4.69, 9.17) is 0 Å². The highest BCUT2D eigenvalue weighted by molar-refractivity contribution is 5.48. The van der Waals surface area contributed by atoms with Crippen molar-refractivity contribution in [3.05, 3.63) is 70.8 Å². The third-order valence-electron chi connectivity index (χ3n) is 4.90. The van der Waals surface area contributed by atoms with Gasteiger partial charge < -0.3 is 5.32 Å². The van der Waals surface area contributed by atoms with Gasteiger partial charge in [0, 0.05) is 0 Å². The molecule has 0 saturated heterocycles. The first kappa shape index (κ1) is 14.3. The summed E-state index contributed by atoms with van der Waals surface area (Å²) in [7, 11) is 0. The highest BCUT2D eigenvalue weighted by Gasteiger charge is 2.24. The first-order valence-electron chi connectivity index (χ1n) is 8.06. The summed E-state index contributed by atoms with van der Waals surface area (Å²) in [5.41, 5.74) is 5.83. The smallest absolute Gasteiger partial charge is 0.0582 e. The molecule has 21 heavy (non-hydrogen) atoms. The first-order valence-corrected chi connectivity index (χ1v) is 8.06. The van der Waals surface area contributed by atoms with Crippen molar-refractivity contribution in [2.45, 2.75) is 33.2 Å². The van der Waals surface area contributed by atoms with Crippen LogP contribution in [0, 0.1) is 11.8 Å². The van der Waals surface area contributed by atoms with Crippen LogP contribution in [0.5, 0.6) is 0 Å². The standard InChI is InChI=1S/C20H25N/c1-14(2)15(3)13-21-20-18-10-6-4-8-16(18)12-17-9-5-7-11-19(17)20/h4-11,14-15,20-21H,12-13H2,1-3H3. The van der Waals surface area contributed by atoms with E-state index in [2.05, 4.69) is 74.6 Å². The normalized spacial score (nSPS) is 15.6. The molecule has 2 aromatic rings. The second-order valence-electron chi connectivity index (χ2n) is 6.64. The van der Waals surface area contributed by atoms with Crippen molar-refractivity contribution in [3.8, 4) is 0 Å². The molecule has 2 aromatic carbocycles. The van der Waals surface area contributed by atoms with Crippen LogP contribution in [0.2, 0.25) is 0 Å². The van der Waals surface area contributed by atoms with E-state index < -0.39 is 0 Å². The van der Waals surface area contributed by atoms with Crippen LogP contribution in [-0.4, -0.2) is 6.54 Å². The highest BCUT2D eigenvalue weighted by Crippen LogP contribution is 2.34. The van der Waals surface area contributed by atoms with Gasteiger partial charge in [-0.3, -0.25) is 0 Å². The van der Waals surface area contributed by atoms with Crippen LogP contribution in [-0.2, 0) is 6.42 Å². The van der Waals surface area contributed by atoms with Crippen molar-refractivity contribution in [1.82, 2.24) is 5.32 Å². The molecule has 3 rings (SSSR count). The molecule has 0 aliphatic heterocycles. The van der Waals surface area contributed by atoms with Gasteiger partial charge in [-0.15, -0.1) is 0 Å². The lowest BCUT2D eigenvalue weighted by Crippen LogP contribution is -2.32. The van der Waals surface area contributed by atoms with E-state index in [0.717, 1.165) is 13.0 Å². The van der Waals surface area contributed by atoms with Crippen molar-refractivity contribution >= 4 is 0 Å². The second kappa shape index (κ2) is 6.03. The van der Waals surface area contributed by atoms with E-state index >= 15 is 0 Å². The van der Waals surface area contributed by atoms with Gasteiger partial charge in [0.1, 0.15) is 0 Å². The summed E-state index contributed by atoms with van der Waals surface area (Å²) in [4.78, 5) is 0. The molecule has 0 bridgehead atoms. The van der Waals surface area contributed by atoms with E-state index in [1.54, 1.807) is 0 Å². The number of rotatable bonds is 4. The van der Waals surface area contributed by atoms with Crippen molar-refractivity contribution in [2.24, 2.45) is 11.8 Å². The van der Waals surface area contributed by atoms with Crippen molar-refractivity contribution in [2.75, 3.05) is 6.54 Å². The lowest BCUT2D eigenvalue weighted by Gasteiger charge is -2.30. The summed E-state index contributed by atoms with van der Waals surface area (Å²) in [6, 6.07) is 18.1. The average Bonchev–Trinajstić information content (AvgIpc) is 2.51. The Morgan fingerprint density at radius 2 is 1.43 bits per heavy atom. The van der Waals surface area contributed by atoms with Crippen molar-refractivity contribution in [3.63, 3.8) is 0 Å². The molecule has 1 N–H and O–H groups in total. The topological polar surface area (TPSA) is 12.0 Å². The molecule has 1 aliphatic carbocycles. The third-order valence-corrected chi connectivity index (χ3v) is 4.90. The van der Waals surface area contributed by atoms with Gasteiger partial charge in [0.2, 0.25) is 0 Å². The van der Waals surface area contributed by atoms with Crippen LogP contribution < -0.4 is 5.32 Å². The summed E-state index contributed by atoms with van der Waals surface area (Å²) < 4.78 is 0. The lowest BCUT2D eigenvalue weighted by molar-refractivity contribution is 0.379. The number of nitrogens with one attached hydrogen (secondary N) is 1. The summed E-state index contributed by atoms with van der Waals surface area (Å²) >= 11 is 0. The molecule has 1 aliphatic rings. The maximum atomic E-state index is 3.82. The molecule has 0 saturated carbocycles. The Bertz CT molecular complexity index is 569. The number of fused-ring (bicyclic) bond motifs is 2. The van der Waals surface area contributed by atoms with E-state index in [9.17, 15) is 0 Å². The Kier molecular flexibility index (Phi) is 4.12. The van der Waals surface area contributed by atoms with Crippen LogP contribution in [0.15, 0.2) is 48.5 Å². The molecule has 0 spiro atoms. The number of hydrogen-bond acceptors (Lipinski definition) is 1. The average molecular weight is 279 g/mol. The molecular formula is C20H25N. The Morgan fingerprint density at radius 1 is 0.905 bits per heavy atom. The molecule has 0 aromatic heterocycles. The molecule has 0 amide bonds. The van der Waals surface area contributed by atoms with Gasteiger partial charge in [0.05, 0.1) is 6.04 Å². The van der Waals surface area contributed by atoms with Crippen LogP contribution in [0.25, 0.3) is 0 Å². The zero-order valence-corrected chi connectivity index (χ0v) is 13.3. The molecule has 1 atom stereocenters. The lowest BCUT2D eigenvalue weighted by atomic mass is 9.82. The minimum Gasteiger partial charge on any atom is -0.306 e. The molecule has 0 heterocycles. The molecule has 1 heteroatoms. The largest absolute Gasteiger partial charge is 0.306 e. The maximum absolute atomic E-state index is 3.82. The predicted octanol–water partition coefficient (Wildman–Crippen LogP) is 4.56. The van der Waals surface area contributed by atoms with E-state index in [1.165, 1.54) is 22.3 Å². The van der Waals surface area contributed by atoms with E-state index in [0.29, 0.717) is 17.9 Å². The molecule has 110 valence electrons. The maximum Gasteiger partial charge on any atom is 0.0582 e. The summed E-state index contributed by atoms with van der Waals surface area (Å²) in [6.07, 6.45) is 1.06. The fourth-order valence-corrected chi connectivity index (χ4v) is 3.09. The summed E-state index contributed by atoms with van der Waals surface area (Å²) in [5, 5.41) is 3.82. The monoisotopic (exact) mass is 279 g/mol. The zero-order valence-electron chi connectivity index (χ0n) is 13.3. The van der Waals surface area contributed by atoms with E-state index in [1.807, 2.05) is 0 Å². The van der Waals surface area contributed by atoms with Crippen LogP contribution >= 0.6 is 0 Å². The van der Waals surface area contributed by atoms with Gasteiger partial charge in [-0.2, -0.15) is 0 Å². The Morgan fingerprint density at radius 3 is 1.95 bits per heavy atom. The van der Waals surface area contributed by atoms with Gasteiger partial charge in [0.15, 0.2) is 0 Å². The van der Waals surface area contributed by atoms with Gasteiger partial charge in [-0.05, 0) is 47.1 Å². The highest BCUT2D eigenvalue weighted by atomic mass is 14.9. The van der Waals surface area contributed by atoms with Crippen molar-refractivity contribution < 1.29 is 0 Å². The third kappa shape index (κ3) is 2.89. The molecule has 0 radical (unpaired) electrons. The Labute approximate surface area is 128 Å². The van der Waals surface area contributed by atoms with Crippen molar-refractivity contribution in [1.29, 1.82) is 0 Å². The molecule has 1 nitrogen and oxygen atoms in total. The van der Waals surface area contributed by atoms with Gasteiger partial charge >= 0.3 is 0 Å². The van der Waals surface area contributed by atoms with Gasteiger partial charge in [-0.25, -0.2) is 0 Å². The van der Waals surface area contributed by atoms with Crippen LogP contribution in [0.1, 0.15) is 49.1 Å². The summed E-state index contributed by atoms with van der Waals surface area (Å²) in [5.74, 6) is 1.40. The Hall–Kier alpha value is -1.60. The van der Waals surface area contributed by atoms with Gasteiger partial charge in [-0.1, -0.05) is 69.3 Å². The fraction of sp³-hybridized carbons (Fsp3) is 0.400. The van der Waals surface area contributed by atoms with Gasteiger partial charge in [0.25, 0.3) is 0 Å². The van der Waals surface area contributed by atoms with E-state index in [-0.39, 0.29) is 0 Å². The number of benzene rings is 2. The minimum absolute atomic E-state index is 0.340. The van der Waals surface area contributed by atoms with Crippen LogP contribution in [0.4, 0.5) is 0 Å². The molecule has 1 unspecified atom stereocenters. The Balaban J connectivity index is 1.91. The molecular weight excluding hydrogens is 254 g/mol. The summed E-state index contributed by atoms with van der Waals surface area (Å²) in [6.45, 7) is 7.99. The quantitative estimate of drug-likeness (QED) is 0.865. The first-order chi connectivity index (χ1) is 10.2. The van der Waals surface area contributed by atoms with Crippen LogP contribution in [0.3, 0.4) is 0 Å². The second-order valence-corrected chi connectivity index (χ2v) is 6.64. The zero-order chi connectivity index (χ0) is 14.8. The predicted molar refractivity (Wildman–Crippen MR) is 89.5 cm³/mol.